The Labute approximate surface area is 109 Å². The van der Waals surface area contributed by atoms with E-state index in [2.05, 4.69) is 15.9 Å². The largest absolute Gasteiger partial charge is 0.495 e. The van der Waals surface area contributed by atoms with Crippen molar-refractivity contribution in [3.8, 4) is 17.2 Å². The van der Waals surface area contributed by atoms with E-state index >= 15 is 0 Å². The van der Waals surface area contributed by atoms with Crippen LogP contribution in [-0.2, 0) is 0 Å². The standard InChI is InChI=1S/C12H16BrNO3/c1-7(14)10-11(15-2)8(13)6-9-12(10)17-5-3-4-16-9/h6-7H,3-5,14H2,1-2H3. The highest BCUT2D eigenvalue weighted by Gasteiger charge is 2.24. The Hall–Kier alpha value is -0.940. The average molecular weight is 302 g/mol. The second-order valence-electron chi connectivity index (χ2n) is 3.97. The first-order valence-electron chi connectivity index (χ1n) is 5.56. The topological polar surface area (TPSA) is 53.7 Å². The average Bonchev–Trinajstić information content (AvgIpc) is 2.51. The van der Waals surface area contributed by atoms with E-state index in [9.17, 15) is 0 Å². The summed E-state index contributed by atoms with van der Waals surface area (Å²) in [5, 5.41) is 0. The van der Waals surface area contributed by atoms with Crippen LogP contribution in [0.5, 0.6) is 17.2 Å². The van der Waals surface area contributed by atoms with E-state index in [4.69, 9.17) is 19.9 Å². The summed E-state index contributed by atoms with van der Waals surface area (Å²) in [4.78, 5) is 0. The lowest BCUT2D eigenvalue weighted by molar-refractivity contribution is 0.295. The lowest BCUT2D eigenvalue weighted by Crippen LogP contribution is -2.10. The van der Waals surface area contributed by atoms with Crippen LogP contribution in [0.4, 0.5) is 0 Å². The molecule has 1 atom stereocenters. The smallest absolute Gasteiger partial charge is 0.169 e. The monoisotopic (exact) mass is 301 g/mol. The van der Waals surface area contributed by atoms with Gasteiger partial charge in [-0.05, 0) is 22.9 Å². The Morgan fingerprint density at radius 1 is 1.41 bits per heavy atom. The first-order chi connectivity index (χ1) is 8.15. The number of hydrogen-bond donors (Lipinski definition) is 1. The van der Waals surface area contributed by atoms with Crippen molar-refractivity contribution in [1.29, 1.82) is 0 Å². The summed E-state index contributed by atoms with van der Waals surface area (Å²) in [5.41, 5.74) is 6.84. The molecule has 17 heavy (non-hydrogen) atoms. The van der Waals surface area contributed by atoms with Gasteiger partial charge in [0.25, 0.3) is 0 Å². The van der Waals surface area contributed by atoms with Crippen LogP contribution in [0.2, 0.25) is 0 Å². The molecule has 0 radical (unpaired) electrons. The third kappa shape index (κ3) is 2.35. The van der Waals surface area contributed by atoms with Crippen molar-refractivity contribution in [2.45, 2.75) is 19.4 Å². The minimum absolute atomic E-state index is 0.183. The summed E-state index contributed by atoms with van der Waals surface area (Å²) in [7, 11) is 1.62. The maximum atomic E-state index is 6.00. The van der Waals surface area contributed by atoms with Crippen LogP contribution in [0.1, 0.15) is 24.9 Å². The van der Waals surface area contributed by atoms with E-state index in [0.29, 0.717) is 24.7 Å². The first kappa shape index (κ1) is 12.5. The van der Waals surface area contributed by atoms with Gasteiger partial charge in [-0.1, -0.05) is 0 Å². The molecule has 1 heterocycles. The van der Waals surface area contributed by atoms with E-state index in [1.54, 1.807) is 7.11 Å². The molecule has 1 unspecified atom stereocenters. The molecule has 2 N–H and O–H groups in total. The van der Waals surface area contributed by atoms with E-state index in [-0.39, 0.29) is 6.04 Å². The summed E-state index contributed by atoms with van der Waals surface area (Å²) >= 11 is 3.46. The molecular weight excluding hydrogens is 286 g/mol. The van der Waals surface area contributed by atoms with Gasteiger partial charge in [0.1, 0.15) is 5.75 Å². The number of halogens is 1. The molecule has 0 bridgehead atoms. The second-order valence-corrected chi connectivity index (χ2v) is 4.83. The van der Waals surface area contributed by atoms with Crippen LogP contribution >= 0.6 is 15.9 Å². The fourth-order valence-electron chi connectivity index (χ4n) is 1.90. The molecule has 0 amide bonds. The zero-order valence-electron chi connectivity index (χ0n) is 9.96. The molecule has 0 saturated heterocycles. The third-order valence-corrected chi connectivity index (χ3v) is 3.23. The predicted octanol–water partition coefficient (Wildman–Crippen LogP) is 2.64. The maximum Gasteiger partial charge on any atom is 0.169 e. The molecule has 0 saturated carbocycles. The summed E-state index contributed by atoms with van der Waals surface area (Å²) in [6.07, 6.45) is 0.868. The van der Waals surface area contributed by atoms with Crippen molar-refractivity contribution in [3.05, 3.63) is 16.1 Å². The Balaban J connectivity index is 2.62. The lowest BCUT2D eigenvalue weighted by Gasteiger charge is -2.19. The molecule has 0 fully saturated rings. The first-order valence-corrected chi connectivity index (χ1v) is 6.36. The van der Waals surface area contributed by atoms with Crippen molar-refractivity contribution in [2.75, 3.05) is 20.3 Å². The van der Waals surface area contributed by atoms with Crippen LogP contribution in [0.25, 0.3) is 0 Å². The highest BCUT2D eigenvalue weighted by molar-refractivity contribution is 9.10. The normalized spacial score (nSPS) is 16.2. The summed E-state index contributed by atoms with van der Waals surface area (Å²) in [6.45, 7) is 3.19. The number of benzene rings is 1. The van der Waals surface area contributed by atoms with Gasteiger partial charge in [-0.15, -0.1) is 0 Å². The Bertz CT molecular complexity index is 421. The molecule has 1 aliphatic heterocycles. The molecule has 5 heteroatoms. The SMILES string of the molecule is COc1c(Br)cc2c(c1C(C)N)OCCCO2. The number of fused-ring (bicyclic) bond motifs is 1. The van der Waals surface area contributed by atoms with Crippen LogP contribution in [0, 0.1) is 0 Å². The Morgan fingerprint density at radius 3 is 2.76 bits per heavy atom. The van der Waals surface area contributed by atoms with E-state index in [1.165, 1.54) is 0 Å². The molecule has 1 aromatic rings. The van der Waals surface area contributed by atoms with E-state index in [1.807, 2.05) is 13.0 Å². The molecule has 0 aliphatic carbocycles. The van der Waals surface area contributed by atoms with Crippen molar-refractivity contribution >= 4 is 15.9 Å². The highest BCUT2D eigenvalue weighted by atomic mass is 79.9. The van der Waals surface area contributed by atoms with E-state index < -0.39 is 0 Å². The van der Waals surface area contributed by atoms with Gasteiger partial charge in [-0.25, -0.2) is 0 Å². The van der Waals surface area contributed by atoms with Crippen molar-refractivity contribution < 1.29 is 14.2 Å². The van der Waals surface area contributed by atoms with Crippen LogP contribution in [-0.4, -0.2) is 20.3 Å². The zero-order valence-corrected chi connectivity index (χ0v) is 11.5. The Kier molecular flexibility index (Phi) is 3.79. The summed E-state index contributed by atoms with van der Waals surface area (Å²) in [5.74, 6) is 2.14. The quantitative estimate of drug-likeness (QED) is 0.912. The molecule has 0 aromatic heterocycles. The van der Waals surface area contributed by atoms with Gasteiger partial charge >= 0.3 is 0 Å². The molecular formula is C12H16BrNO3. The van der Waals surface area contributed by atoms with Crippen molar-refractivity contribution in [1.82, 2.24) is 0 Å². The van der Waals surface area contributed by atoms with Crippen molar-refractivity contribution in [3.63, 3.8) is 0 Å². The van der Waals surface area contributed by atoms with Gasteiger partial charge < -0.3 is 19.9 Å². The van der Waals surface area contributed by atoms with Gasteiger partial charge in [0.15, 0.2) is 11.5 Å². The molecule has 2 rings (SSSR count). The van der Waals surface area contributed by atoms with Gasteiger partial charge in [0.05, 0.1) is 30.4 Å². The van der Waals surface area contributed by atoms with Gasteiger partial charge in [-0.2, -0.15) is 0 Å². The zero-order chi connectivity index (χ0) is 12.4. The molecule has 94 valence electrons. The Morgan fingerprint density at radius 2 is 2.12 bits per heavy atom. The summed E-state index contributed by atoms with van der Waals surface area (Å²) in [6, 6.07) is 1.68. The van der Waals surface area contributed by atoms with Gasteiger partial charge in [-0.3, -0.25) is 0 Å². The van der Waals surface area contributed by atoms with Gasteiger partial charge in [0, 0.05) is 18.5 Å². The van der Waals surface area contributed by atoms with Crippen LogP contribution in [0.3, 0.4) is 0 Å². The third-order valence-electron chi connectivity index (χ3n) is 2.64. The number of hydrogen-bond acceptors (Lipinski definition) is 4. The van der Waals surface area contributed by atoms with Crippen molar-refractivity contribution in [2.24, 2.45) is 5.73 Å². The van der Waals surface area contributed by atoms with Crippen LogP contribution < -0.4 is 19.9 Å². The second kappa shape index (κ2) is 5.14. The number of ether oxygens (including phenoxy) is 3. The number of rotatable bonds is 2. The predicted molar refractivity (Wildman–Crippen MR) is 68.9 cm³/mol. The minimum atomic E-state index is -0.183. The lowest BCUT2D eigenvalue weighted by atomic mass is 10.1. The van der Waals surface area contributed by atoms with E-state index in [0.717, 1.165) is 22.2 Å². The van der Waals surface area contributed by atoms with Crippen LogP contribution in [0.15, 0.2) is 10.5 Å². The molecule has 1 aromatic carbocycles. The molecule has 0 spiro atoms. The van der Waals surface area contributed by atoms with Gasteiger partial charge in [0.2, 0.25) is 0 Å². The number of nitrogens with two attached hydrogens (primary N) is 1. The minimum Gasteiger partial charge on any atom is -0.495 e. The maximum absolute atomic E-state index is 6.00. The summed E-state index contributed by atoms with van der Waals surface area (Å²) < 4.78 is 17.6. The number of methoxy groups -OCH3 is 1. The molecule has 4 nitrogen and oxygen atoms in total. The highest BCUT2D eigenvalue weighted by Crippen LogP contribution is 2.46. The fraction of sp³-hybridized carbons (Fsp3) is 0.500. The fourth-order valence-corrected chi connectivity index (χ4v) is 2.49. The molecule has 1 aliphatic rings.